The second-order valence-electron chi connectivity index (χ2n) is 7.37. The lowest BCUT2D eigenvalue weighted by Gasteiger charge is -2.33. The van der Waals surface area contributed by atoms with E-state index in [-0.39, 0.29) is 5.91 Å². The van der Waals surface area contributed by atoms with Crippen molar-refractivity contribution < 1.29 is 4.79 Å². The van der Waals surface area contributed by atoms with Crippen LogP contribution in [0.5, 0.6) is 0 Å². The Morgan fingerprint density at radius 2 is 2.12 bits per heavy atom. The molecule has 1 aliphatic carbocycles. The zero-order chi connectivity index (χ0) is 16.7. The number of amides is 1. The molecule has 128 valence electrons. The van der Waals surface area contributed by atoms with Crippen molar-refractivity contribution in [3.05, 3.63) is 41.5 Å². The molecule has 4 rings (SSSR count). The Morgan fingerprint density at radius 3 is 2.83 bits per heavy atom. The largest absolute Gasteiger partial charge is 0.348 e. The van der Waals surface area contributed by atoms with Gasteiger partial charge in [0.05, 0.1) is 11.6 Å². The highest BCUT2D eigenvalue weighted by atomic mass is 16.2. The standard InChI is InChI=1S/C19H26N4O/c1-14-11-18(15(2)22(14)12-16-6-7-16)19(24)21-9-3-5-17(13-21)23-10-4-8-20-23/h4,8,10-11,16-17H,3,5-7,9,12-13H2,1-2H3/t17-/m1/s1. The maximum atomic E-state index is 13.1. The van der Waals surface area contributed by atoms with Crippen molar-refractivity contribution in [2.45, 2.75) is 52.1 Å². The molecule has 0 bridgehead atoms. The second-order valence-corrected chi connectivity index (χ2v) is 7.37. The third kappa shape index (κ3) is 2.87. The van der Waals surface area contributed by atoms with Gasteiger partial charge in [0.15, 0.2) is 0 Å². The topological polar surface area (TPSA) is 43.1 Å². The van der Waals surface area contributed by atoms with Gasteiger partial charge in [0.25, 0.3) is 5.91 Å². The second kappa shape index (κ2) is 6.11. The minimum Gasteiger partial charge on any atom is -0.348 e. The summed E-state index contributed by atoms with van der Waals surface area (Å²) < 4.78 is 4.33. The quantitative estimate of drug-likeness (QED) is 0.866. The molecule has 1 amide bonds. The van der Waals surface area contributed by atoms with Crippen LogP contribution in [0.15, 0.2) is 24.5 Å². The summed E-state index contributed by atoms with van der Waals surface area (Å²) in [7, 11) is 0. The molecule has 0 N–H and O–H groups in total. The van der Waals surface area contributed by atoms with Crippen molar-refractivity contribution in [2.24, 2.45) is 5.92 Å². The number of aryl methyl sites for hydroxylation is 1. The number of hydrogen-bond donors (Lipinski definition) is 0. The van der Waals surface area contributed by atoms with Crippen LogP contribution in [0.1, 0.15) is 53.5 Å². The first kappa shape index (κ1) is 15.5. The van der Waals surface area contributed by atoms with E-state index in [9.17, 15) is 4.79 Å². The zero-order valence-electron chi connectivity index (χ0n) is 14.6. The SMILES string of the molecule is Cc1cc(C(=O)N2CCC[C@@H](n3cccn3)C2)c(C)n1CC1CC1. The fraction of sp³-hybridized carbons (Fsp3) is 0.579. The van der Waals surface area contributed by atoms with Gasteiger partial charge in [-0.1, -0.05) is 0 Å². The van der Waals surface area contributed by atoms with E-state index in [0.29, 0.717) is 6.04 Å². The van der Waals surface area contributed by atoms with Crippen molar-refractivity contribution in [3.8, 4) is 0 Å². The van der Waals surface area contributed by atoms with Crippen molar-refractivity contribution in [2.75, 3.05) is 13.1 Å². The van der Waals surface area contributed by atoms with Crippen molar-refractivity contribution in [1.29, 1.82) is 0 Å². The molecular formula is C19H26N4O. The number of hydrogen-bond acceptors (Lipinski definition) is 2. The summed E-state index contributed by atoms with van der Waals surface area (Å²) in [5, 5.41) is 4.36. The van der Waals surface area contributed by atoms with Crippen LogP contribution in [0.3, 0.4) is 0 Å². The van der Waals surface area contributed by atoms with E-state index in [4.69, 9.17) is 0 Å². The third-order valence-corrected chi connectivity index (χ3v) is 5.52. The predicted octanol–water partition coefficient (Wildman–Crippen LogP) is 3.19. The van der Waals surface area contributed by atoms with Crippen LogP contribution in [0, 0.1) is 19.8 Å². The molecule has 0 radical (unpaired) electrons. The van der Waals surface area contributed by atoms with Crippen molar-refractivity contribution in [1.82, 2.24) is 19.2 Å². The molecule has 0 aromatic carbocycles. The smallest absolute Gasteiger partial charge is 0.255 e. The molecule has 2 aliphatic rings. The van der Waals surface area contributed by atoms with Crippen LogP contribution in [-0.2, 0) is 6.54 Å². The van der Waals surface area contributed by atoms with Gasteiger partial charge in [-0.05, 0) is 57.6 Å². The molecule has 2 aromatic rings. The van der Waals surface area contributed by atoms with Gasteiger partial charge < -0.3 is 9.47 Å². The zero-order valence-corrected chi connectivity index (χ0v) is 14.6. The van der Waals surface area contributed by atoms with Gasteiger partial charge in [0.1, 0.15) is 0 Å². The predicted molar refractivity (Wildman–Crippen MR) is 93.0 cm³/mol. The Hall–Kier alpha value is -2.04. The fourth-order valence-electron chi connectivity index (χ4n) is 3.88. The van der Waals surface area contributed by atoms with Crippen molar-refractivity contribution >= 4 is 5.91 Å². The van der Waals surface area contributed by atoms with Crippen LogP contribution in [0.2, 0.25) is 0 Å². The lowest BCUT2D eigenvalue weighted by atomic mass is 10.0. The lowest BCUT2D eigenvalue weighted by Crippen LogP contribution is -2.41. The highest BCUT2D eigenvalue weighted by Gasteiger charge is 2.29. The minimum atomic E-state index is 0.182. The van der Waals surface area contributed by atoms with Crippen LogP contribution < -0.4 is 0 Å². The van der Waals surface area contributed by atoms with E-state index in [0.717, 1.165) is 49.7 Å². The van der Waals surface area contributed by atoms with Crippen LogP contribution in [0.4, 0.5) is 0 Å². The first-order chi connectivity index (χ1) is 11.6. The van der Waals surface area contributed by atoms with Gasteiger partial charge in [-0.15, -0.1) is 0 Å². The minimum absolute atomic E-state index is 0.182. The summed E-state index contributed by atoms with van der Waals surface area (Å²) in [6.45, 7) is 6.89. The van der Waals surface area contributed by atoms with Gasteiger partial charge in [-0.2, -0.15) is 5.10 Å². The molecule has 5 heteroatoms. The molecule has 1 saturated carbocycles. The molecule has 24 heavy (non-hydrogen) atoms. The van der Waals surface area contributed by atoms with Gasteiger partial charge in [0.2, 0.25) is 0 Å². The van der Waals surface area contributed by atoms with Gasteiger partial charge in [-0.3, -0.25) is 9.48 Å². The molecule has 0 unspecified atom stereocenters. The summed E-state index contributed by atoms with van der Waals surface area (Å²) in [4.78, 5) is 15.1. The Balaban J connectivity index is 1.52. The maximum Gasteiger partial charge on any atom is 0.255 e. The number of nitrogens with zero attached hydrogens (tertiary/aromatic N) is 4. The van der Waals surface area contributed by atoms with Crippen LogP contribution in [0.25, 0.3) is 0 Å². The summed E-state index contributed by atoms with van der Waals surface area (Å²) in [6.07, 6.45) is 8.60. The highest BCUT2D eigenvalue weighted by Crippen LogP contribution is 2.32. The van der Waals surface area contributed by atoms with Crippen molar-refractivity contribution in [3.63, 3.8) is 0 Å². The third-order valence-electron chi connectivity index (χ3n) is 5.52. The first-order valence-corrected chi connectivity index (χ1v) is 9.08. The Bertz CT molecular complexity index is 727. The molecule has 1 saturated heterocycles. The monoisotopic (exact) mass is 326 g/mol. The summed E-state index contributed by atoms with van der Waals surface area (Å²) >= 11 is 0. The first-order valence-electron chi connectivity index (χ1n) is 9.08. The van der Waals surface area contributed by atoms with E-state index in [1.165, 1.54) is 18.5 Å². The molecule has 1 atom stereocenters. The number of piperidine rings is 1. The van der Waals surface area contributed by atoms with Gasteiger partial charge in [-0.25, -0.2) is 0 Å². The summed E-state index contributed by atoms with van der Waals surface area (Å²) in [5.74, 6) is 0.999. The highest BCUT2D eigenvalue weighted by molar-refractivity contribution is 5.95. The maximum absolute atomic E-state index is 13.1. The number of aromatic nitrogens is 3. The number of likely N-dealkylation sites (tertiary alicyclic amines) is 1. The number of carbonyl (C=O) groups excluding carboxylic acids is 1. The summed E-state index contributed by atoms with van der Waals surface area (Å²) in [5.41, 5.74) is 3.23. The molecule has 2 fully saturated rings. The number of rotatable bonds is 4. The Labute approximate surface area is 143 Å². The number of carbonyl (C=O) groups is 1. The molecule has 1 aliphatic heterocycles. The normalized spacial score (nSPS) is 21.2. The van der Waals surface area contributed by atoms with E-state index < -0.39 is 0 Å². The average molecular weight is 326 g/mol. The fourth-order valence-corrected chi connectivity index (χ4v) is 3.88. The van der Waals surface area contributed by atoms with Crippen LogP contribution in [-0.4, -0.2) is 38.2 Å². The molecule has 0 spiro atoms. The molecular weight excluding hydrogens is 300 g/mol. The van der Waals surface area contributed by atoms with Crippen LogP contribution >= 0.6 is 0 Å². The van der Waals surface area contributed by atoms with E-state index in [1.807, 2.05) is 28.0 Å². The van der Waals surface area contributed by atoms with E-state index in [1.54, 1.807) is 0 Å². The van der Waals surface area contributed by atoms with E-state index >= 15 is 0 Å². The molecule has 3 heterocycles. The van der Waals surface area contributed by atoms with Gasteiger partial charge in [0, 0.05) is 43.4 Å². The lowest BCUT2D eigenvalue weighted by molar-refractivity contribution is 0.0672. The molecule has 5 nitrogen and oxygen atoms in total. The molecule has 2 aromatic heterocycles. The Morgan fingerprint density at radius 1 is 1.29 bits per heavy atom. The Kier molecular flexibility index (Phi) is 3.94. The average Bonchev–Trinajstić information content (AvgIpc) is 3.16. The van der Waals surface area contributed by atoms with Gasteiger partial charge >= 0.3 is 0 Å². The summed E-state index contributed by atoms with van der Waals surface area (Å²) in [6, 6.07) is 4.33. The van der Waals surface area contributed by atoms with E-state index in [2.05, 4.69) is 29.6 Å².